The molecule has 0 spiro atoms. The minimum absolute atomic E-state index is 0.353. The largest absolute Gasteiger partial charge is 0.316 e. The van der Waals surface area contributed by atoms with E-state index in [9.17, 15) is 8.42 Å². The second kappa shape index (κ2) is 5.82. The van der Waals surface area contributed by atoms with E-state index >= 15 is 0 Å². The molecule has 0 aliphatic carbocycles. The first-order valence-electron chi connectivity index (χ1n) is 6.35. The van der Waals surface area contributed by atoms with E-state index in [1.54, 1.807) is 18.2 Å². The lowest BCUT2D eigenvalue weighted by Crippen LogP contribution is -2.38. The smallest absolute Gasteiger partial charge is 0.240 e. The normalized spacial score (nSPS) is 20.8. The van der Waals surface area contributed by atoms with Crippen molar-refractivity contribution in [3.05, 3.63) is 29.8 Å². The van der Waals surface area contributed by atoms with Gasteiger partial charge in [-0.15, -0.1) is 0 Å². The molecule has 1 aliphatic heterocycles. The van der Waals surface area contributed by atoms with E-state index in [0.29, 0.717) is 17.4 Å². The van der Waals surface area contributed by atoms with Gasteiger partial charge in [-0.2, -0.15) is 0 Å². The molecule has 1 heterocycles. The fourth-order valence-corrected chi connectivity index (χ4v) is 3.41. The molecule has 2 N–H and O–H groups in total. The molecule has 1 unspecified atom stereocenters. The molecular weight excluding hydrogens is 248 g/mol. The summed E-state index contributed by atoms with van der Waals surface area (Å²) in [5, 5.41) is 3.29. The lowest BCUT2D eigenvalue weighted by Gasteiger charge is -2.22. The zero-order chi connectivity index (χ0) is 13.0. The third-order valence-electron chi connectivity index (χ3n) is 3.26. The maximum atomic E-state index is 12.1. The van der Waals surface area contributed by atoms with Crippen LogP contribution in [0.2, 0.25) is 0 Å². The molecule has 5 heteroatoms. The van der Waals surface area contributed by atoms with E-state index in [4.69, 9.17) is 0 Å². The van der Waals surface area contributed by atoms with Gasteiger partial charge in [0.15, 0.2) is 0 Å². The molecule has 1 atom stereocenters. The van der Waals surface area contributed by atoms with Crippen molar-refractivity contribution in [1.82, 2.24) is 10.0 Å². The predicted octanol–water partition coefficient (Wildman–Crippen LogP) is 1.27. The van der Waals surface area contributed by atoms with Gasteiger partial charge in [0.05, 0.1) is 4.90 Å². The minimum atomic E-state index is -3.36. The number of aryl methyl sites for hydroxylation is 1. The van der Waals surface area contributed by atoms with Crippen molar-refractivity contribution in [3.63, 3.8) is 0 Å². The molecule has 0 amide bonds. The van der Waals surface area contributed by atoms with Crippen molar-refractivity contribution >= 4 is 10.0 Å². The summed E-state index contributed by atoms with van der Waals surface area (Å²) < 4.78 is 26.9. The highest BCUT2D eigenvalue weighted by atomic mass is 32.2. The highest BCUT2D eigenvalue weighted by Crippen LogP contribution is 2.13. The summed E-state index contributed by atoms with van der Waals surface area (Å²) in [5.74, 6) is 0.401. The molecule has 2 rings (SSSR count). The zero-order valence-electron chi connectivity index (χ0n) is 10.6. The lowest BCUT2D eigenvalue weighted by molar-refractivity contribution is 0.376. The zero-order valence-corrected chi connectivity index (χ0v) is 11.5. The number of rotatable bonds is 4. The Hall–Kier alpha value is -0.910. The molecule has 1 aromatic carbocycles. The maximum Gasteiger partial charge on any atom is 0.240 e. The molecule has 0 saturated carbocycles. The standard InChI is InChI=1S/C13H20N2O2S/c1-11-4-2-6-13(8-11)18(16,17)15-10-12-5-3-7-14-9-12/h2,4,6,8,12,14-15H,3,5,7,9-10H2,1H3. The van der Waals surface area contributed by atoms with E-state index < -0.39 is 10.0 Å². The minimum Gasteiger partial charge on any atom is -0.316 e. The summed E-state index contributed by atoms with van der Waals surface area (Å²) in [6.45, 7) is 4.35. The average Bonchev–Trinajstić information content (AvgIpc) is 2.38. The summed E-state index contributed by atoms with van der Waals surface area (Å²) in [5.41, 5.74) is 0.956. The maximum absolute atomic E-state index is 12.1. The molecule has 1 fully saturated rings. The Bertz CT molecular complexity index is 493. The van der Waals surface area contributed by atoms with Gasteiger partial charge in [0.2, 0.25) is 10.0 Å². The summed E-state index contributed by atoms with van der Waals surface area (Å²) in [6, 6.07) is 6.99. The van der Waals surface area contributed by atoms with E-state index in [0.717, 1.165) is 31.5 Å². The van der Waals surface area contributed by atoms with Crippen molar-refractivity contribution in [1.29, 1.82) is 0 Å². The van der Waals surface area contributed by atoms with Crippen LogP contribution in [0.4, 0.5) is 0 Å². The van der Waals surface area contributed by atoms with Crippen LogP contribution in [0.15, 0.2) is 29.2 Å². The van der Waals surface area contributed by atoms with Crippen molar-refractivity contribution in [3.8, 4) is 0 Å². The van der Waals surface area contributed by atoms with Gasteiger partial charge in [-0.3, -0.25) is 0 Å². The Labute approximate surface area is 109 Å². The van der Waals surface area contributed by atoms with Crippen LogP contribution in [0.1, 0.15) is 18.4 Å². The highest BCUT2D eigenvalue weighted by Gasteiger charge is 2.18. The number of hydrogen-bond donors (Lipinski definition) is 2. The van der Waals surface area contributed by atoms with Gasteiger partial charge in [-0.25, -0.2) is 13.1 Å². The molecular formula is C13H20N2O2S. The number of benzene rings is 1. The monoisotopic (exact) mass is 268 g/mol. The van der Waals surface area contributed by atoms with Crippen LogP contribution in [0.5, 0.6) is 0 Å². The van der Waals surface area contributed by atoms with E-state index in [1.165, 1.54) is 0 Å². The van der Waals surface area contributed by atoms with Gasteiger partial charge >= 0.3 is 0 Å². The van der Waals surface area contributed by atoms with Crippen LogP contribution in [-0.4, -0.2) is 28.1 Å². The van der Waals surface area contributed by atoms with Crippen LogP contribution in [0, 0.1) is 12.8 Å². The van der Waals surface area contributed by atoms with E-state index in [-0.39, 0.29) is 0 Å². The van der Waals surface area contributed by atoms with Crippen molar-refractivity contribution in [2.45, 2.75) is 24.7 Å². The quantitative estimate of drug-likeness (QED) is 0.864. The third kappa shape index (κ3) is 3.54. The molecule has 0 radical (unpaired) electrons. The summed E-state index contributed by atoms with van der Waals surface area (Å²) >= 11 is 0. The highest BCUT2D eigenvalue weighted by molar-refractivity contribution is 7.89. The fourth-order valence-electron chi connectivity index (χ4n) is 2.19. The Balaban J connectivity index is 1.98. The van der Waals surface area contributed by atoms with Crippen LogP contribution < -0.4 is 10.0 Å². The number of sulfonamides is 1. The van der Waals surface area contributed by atoms with Crippen molar-refractivity contribution in [2.75, 3.05) is 19.6 Å². The summed E-state index contributed by atoms with van der Waals surface area (Å²) in [6.07, 6.45) is 2.21. The van der Waals surface area contributed by atoms with E-state index in [1.807, 2.05) is 13.0 Å². The SMILES string of the molecule is Cc1cccc(S(=O)(=O)NCC2CCCNC2)c1. The Morgan fingerprint density at radius 1 is 1.44 bits per heavy atom. The number of nitrogens with one attached hydrogen (secondary N) is 2. The third-order valence-corrected chi connectivity index (χ3v) is 4.68. The number of hydrogen-bond acceptors (Lipinski definition) is 3. The van der Waals surface area contributed by atoms with Gasteiger partial charge in [0.1, 0.15) is 0 Å². The summed E-state index contributed by atoms with van der Waals surface area (Å²) in [4.78, 5) is 0.353. The summed E-state index contributed by atoms with van der Waals surface area (Å²) in [7, 11) is -3.36. The van der Waals surface area contributed by atoms with Crippen LogP contribution in [-0.2, 0) is 10.0 Å². The second-order valence-electron chi connectivity index (χ2n) is 4.88. The first kappa shape index (κ1) is 13.5. The predicted molar refractivity (Wildman–Crippen MR) is 72.0 cm³/mol. The Morgan fingerprint density at radius 3 is 2.94 bits per heavy atom. The van der Waals surface area contributed by atoms with Gasteiger partial charge < -0.3 is 5.32 Å². The van der Waals surface area contributed by atoms with Gasteiger partial charge in [-0.05, 0) is 56.5 Å². The first-order valence-corrected chi connectivity index (χ1v) is 7.83. The topological polar surface area (TPSA) is 58.2 Å². The van der Waals surface area contributed by atoms with Crippen molar-refractivity contribution < 1.29 is 8.42 Å². The van der Waals surface area contributed by atoms with Gasteiger partial charge in [-0.1, -0.05) is 12.1 Å². The molecule has 18 heavy (non-hydrogen) atoms. The molecule has 0 bridgehead atoms. The Morgan fingerprint density at radius 2 is 2.28 bits per heavy atom. The van der Waals surface area contributed by atoms with Gasteiger partial charge in [0.25, 0.3) is 0 Å². The molecule has 1 aliphatic rings. The number of piperidine rings is 1. The lowest BCUT2D eigenvalue weighted by atomic mass is 10.0. The molecule has 4 nitrogen and oxygen atoms in total. The van der Waals surface area contributed by atoms with E-state index in [2.05, 4.69) is 10.0 Å². The van der Waals surface area contributed by atoms with Gasteiger partial charge in [0, 0.05) is 6.54 Å². The second-order valence-corrected chi connectivity index (χ2v) is 6.65. The van der Waals surface area contributed by atoms with Crippen molar-refractivity contribution in [2.24, 2.45) is 5.92 Å². The molecule has 1 aromatic rings. The Kier molecular flexibility index (Phi) is 4.37. The van der Waals surface area contributed by atoms with Crippen LogP contribution in [0.3, 0.4) is 0 Å². The fraction of sp³-hybridized carbons (Fsp3) is 0.538. The average molecular weight is 268 g/mol. The molecule has 0 aromatic heterocycles. The molecule has 100 valence electrons. The molecule has 1 saturated heterocycles. The van der Waals surface area contributed by atoms with Crippen LogP contribution in [0.25, 0.3) is 0 Å². The first-order chi connectivity index (χ1) is 8.58. The van der Waals surface area contributed by atoms with Crippen LogP contribution >= 0.6 is 0 Å².